The van der Waals surface area contributed by atoms with Crippen LogP contribution in [-0.4, -0.2) is 21.0 Å². The summed E-state index contributed by atoms with van der Waals surface area (Å²) >= 11 is 1.50. The van der Waals surface area contributed by atoms with Crippen molar-refractivity contribution in [3.63, 3.8) is 0 Å². The molecule has 116 valence electrons. The summed E-state index contributed by atoms with van der Waals surface area (Å²) in [6.07, 6.45) is 8.16. The summed E-state index contributed by atoms with van der Waals surface area (Å²) in [5, 5.41) is 9.02. The molecule has 2 aromatic heterocycles. The molecule has 1 saturated carbocycles. The van der Waals surface area contributed by atoms with E-state index < -0.39 is 5.54 Å². The molecule has 2 heterocycles. The van der Waals surface area contributed by atoms with Crippen LogP contribution in [0.5, 0.6) is 0 Å². The van der Waals surface area contributed by atoms with Gasteiger partial charge in [-0.25, -0.2) is 4.98 Å². The smallest absolute Gasteiger partial charge is 0.244 e. The van der Waals surface area contributed by atoms with E-state index in [9.17, 15) is 4.79 Å². The number of aromatic nitrogens is 3. The van der Waals surface area contributed by atoms with E-state index in [4.69, 9.17) is 4.52 Å². The highest BCUT2D eigenvalue weighted by molar-refractivity contribution is 7.07. The second-order valence-corrected chi connectivity index (χ2v) is 6.23. The molecular weight excluding hydrogens is 300 g/mol. The molecule has 1 N–H and O–H groups in total. The second-order valence-electron chi connectivity index (χ2n) is 5.52. The summed E-state index contributed by atoms with van der Waals surface area (Å²) in [5.41, 5.74) is 2.01. The number of carbonyl (C=O) groups excluding carboxylic acids is 1. The van der Waals surface area contributed by atoms with Crippen molar-refractivity contribution in [2.24, 2.45) is 0 Å². The second kappa shape index (κ2) is 6.39. The van der Waals surface area contributed by atoms with Crippen LogP contribution >= 0.6 is 11.3 Å². The molecule has 0 aliphatic heterocycles. The molecule has 0 bridgehead atoms. The molecule has 1 fully saturated rings. The van der Waals surface area contributed by atoms with Crippen molar-refractivity contribution in [1.82, 2.24) is 20.4 Å². The number of aryl methyl sites for hydroxylation is 1. The van der Waals surface area contributed by atoms with E-state index in [1.807, 2.05) is 5.38 Å². The summed E-state index contributed by atoms with van der Waals surface area (Å²) in [6, 6.07) is 0. The van der Waals surface area contributed by atoms with Gasteiger partial charge in [0, 0.05) is 18.4 Å². The van der Waals surface area contributed by atoms with Crippen molar-refractivity contribution in [2.75, 3.05) is 0 Å². The number of rotatable bonds is 4. The topological polar surface area (TPSA) is 80.9 Å². The minimum Gasteiger partial charge on any atom is -0.340 e. The lowest BCUT2D eigenvalue weighted by Gasteiger charge is -2.34. The van der Waals surface area contributed by atoms with Crippen LogP contribution in [0.1, 0.15) is 49.5 Å². The first-order chi connectivity index (χ1) is 10.7. The molecular formula is C15H18N4O2S. The van der Waals surface area contributed by atoms with Crippen molar-refractivity contribution in [1.29, 1.82) is 0 Å². The number of thiazole rings is 1. The van der Waals surface area contributed by atoms with Crippen LogP contribution in [0.25, 0.3) is 6.08 Å². The third-order valence-electron chi connectivity index (χ3n) is 3.88. The minimum absolute atomic E-state index is 0.155. The van der Waals surface area contributed by atoms with Crippen molar-refractivity contribution in [3.05, 3.63) is 34.4 Å². The zero-order chi connectivity index (χ0) is 15.4. The van der Waals surface area contributed by atoms with Crippen molar-refractivity contribution in [3.8, 4) is 0 Å². The Morgan fingerprint density at radius 1 is 1.41 bits per heavy atom. The van der Waals surface area contributed by atoms with E-state index >= 15 is 0 Å². The van der Waals surface area contributed by atoms with Crippen LogP contribution in [-0.2, 0) is 10.3 Å². The Bertz CT molecular complexity index is 657. The number of hydrogen-bond donors (Lipinski definition) is 1. The maximum absolute atomic E-state index is 12.3. The normalized spacial score (nSPS) is 17.7. The highest BCUT2D eigenvalue weighted by Gasteiger charge is 2.39. The zero-order valence-electron chi connectivity index (χ0n) is 12.4. The Hall–Kier alpha value is -2.02. The lowest BCUT2D eigenvalue weighted by Crippen LogP contribution is -2.47. The summed E-state index contributed by atoms with van der Waals surface area (Å²) in [5.74, 6) is 0.949. The molecule has 1 amide bonds. The molecule has 3 rings (SSSR count). The van der Waals surface area contributed by atoms with Gasteiger partial charge in [-0.1, -0.05) is 24.4 Å². The highest BCUT2D eigenvalue weighted by atomic mass is 32.1. The summed E-state index contributed by atoms with van der Waals surface area (Å²) in [4.78, 5) is 20.8. The first-order valence-electron chi connectivity index (χ1n) is 7.37. The van der Waals surface area contributed by atoms with Gasteiger partial charge in [-0.15, -0.1) is 11.3 Å². The van der Waals surface area contributed by atoms with Gasteiger partial charge in [0.2, 0.25) is 11.8 Å². The molecule has 0 unspecified atom stereocenters. The van der Waals surface area contributed by atoms with Gasteiger partial charge < -0.3 is 9.84 Å². The third kappa shape index (κ3) is 3.24. The van der Waals surface area contributed by atoms with Gasteiger partial charge in [-0.2, -0.15) is 4.98 Å². The zero-order valence-corrected chi connectivity index (χ0v) is 13.2. The number of nitrogens with one attached hydrogen (secondary N) is 1. The average Bonchev–Trinajstić information content (AvgIpc) is 3.17. The van der Waals surface area contributed by atoms with Gasteiger partial charge in [0.1, 0.15) is 5.54 Å². The summed E-state index contributed by atoms with van der Waals surface area (Å²) in [6.45, 7) is 1.76. The molecule has 2 aromatic rings. The molecule has 0 spiro atoms. The summed E-state index contributed by atoms with van der Waals surface area (Å²) < 4.78 is 5.10. The van der Waals surface area contributed by atoms with Gasteiger partial charge in [0.15, 0.2) is 5.82 Å². The first-order valence-corrected chi connectivity index (χ1v) is 8.31. The molecule has 6 nitrogen and oxygen atoms in total. The van der Waals surface area contributed by atoms with Crippen LogP contribution in [0, 0.1) is 6.92 Å². The summed E-state index contributed by atoms with van der Waals surface area (Å²) in [7, 11) is 0. The number of carbonyl (C=O) groups is 1. The van der Waals surface area contributed by atoms with E-state index in [0.29, 0.717) is 11.7 Å². The van der Waals surface area contributed by atoms with Crippen LogP contribution in [0.2, 0.25) is 0 Å². The Morgan fingerprint density at radius 2 is 2.23 bits per heavy atom. The Morgan fingerprint density at radius 3 is 2.86 bits per heavy atom. The number of hydrogen-bond acceptors (Lipinski definition) is 6. The van der Waals surface area contributed by atoms with Gasteiger partial charge >= 0.3 is 0 Å². The highest BCUT2D eigenvalue weighted by Crippen LogP contribution is 2.35. The third-order valence-corrected chi connectivity index (χ3v) is 4.49. The SMILES string of the molecule is Cc1nc(C2(NC(=O)/C=C/c3cscn3)CCCCC2)no1. The van der Waals surface area contributed by atoms with E-state index in [2.05, 4.69) is 20.4 Å². The monoisotopic (exact) mass is 318 g/mol. The van der Waals surface area contributed by atoms with Gasteiger partial charge in [-0.3, -0.25) is 4.79 Å². The molecule has 22 heavy (non-hydrogen) atoms. The van der Waals surface area contributed by atoms with Crippen molar-refractivity contribution in [2.45, 2.75) is 44.6 Å². The average molecular weight is 318 g/mol. The molecule has 0 radical (unpaired) electrons. The molecule has 0 saturated heterocycles. The van der Waals surface area contributed by atoms with Crippen molar-refractivity contribution < 1.29 is 9.32 Å². The lowest BCUT2D eigenvalue weighted by molar-refractivity contribution is -0.119. The predicted octanol–water partition coefficient (Wildman–Crippen LogP) is 2.82. The van der Waals surface area contributed by atoms with Crippen LogP contribution in [0.3, 0.4) is 0 Å². The number of amides is 1. The van der Waals surface area contributed by atoms with Crippen LogP contribution in [0.4, 0.5) is 0 Å². The van der Waals surface area contributed by atoms with E-state index in [-0.39, 0.29) is 5.91 Å². The molecule has 1 aliphatic carbocycles. The molecule has 7 heteroatoms. The number of nitrogens with zero attached hydrogens (tertiary/aromatic N) is 3. The van der Waals surface area contributed by atoms with E-state index in [1.54, 1.807) is 18.5 Å². The standard InChI is InChI=1S/C15H18N4O2S/c1-11-17-14(19-21-11)15(7-3-2-4-8-15)18-13(20)6-5-12-9-22-10-16-12/h5-6,9-10H,2-4,7-8H2,1H3,(H,18,20)/b6-5+. The Balaban J connectivity index is 1.77. The lowest BCUT2D eigenvalue weighted by atomic mass is 9.81. The van der Waals surface area contributed by atoms with Gasteiger partial charge in [0.05, 0.1) is 11.2 Å². The molecule has 0 atom stereocenters. The Labute approximate surface area is 132 Å². The van der Waals surface area contributed by atoms with Crippen LogP contribution in [0.15, 0.2) is 21.5 Å². The molecule has 1 aliphatic rings. The molecule has 0 aromatic carbocycles. The fourth-order valence-electron chi connectivity index (χ4n) is 2.80. The fourth-order valence-corrected chi connectivity index (χ4v) is 3.32. The van der Waals surface area contributed by atoms with E-state index in [1.165, 1.54) is 23.8 Å². The maximum Gasteiger partial charge on any atom is 0.244 e. The first kappa shape index (κ1) is 14.9. The van der Waals surface area contributed by atoms with Gasteiger partial charge in [-0.05, 0) is 18.9 Å². The van der Waals surface area contributed by atoms with Crippen molar-refractivity contribution >= 4 is 23.3 Å². The fraction of sp³-hybridized carbons (Fsp3) is 0.467. The predicted molar refractivity (Wildman–Crippen MR) is 83.1 cm³/mol. The van der Waals surface area contributed by atoms with Crippen LogP contribution < -0.4 is 5.32 Å². The minimum atomic E-state index is -0.514. The van der Waals surface area contributed by atoms with Gasteiger partial charge in [0.25, 0.3) is 0 Å². The van der Waals surface area contributed by atoms with E-state index in [0.717, 1.165) is 31.4 Å². The quantitative estimate of drug-likeness (QED) is 0.877. The largest absolute Gasteiger partial charge is 0.340 e. The maximum atomic E-state index is 12.3. The Kier molecular flexibility index (Phi) is 4.33.